The summed E-state index contributed by atoms with van der Waals surface area (Å²) in [5.74, 6) is 0.724. The molecule has 0 aliphatic carbocycles. The number of benzene rings is 2. The SMILES string of the molecule is Cc1nn(Cc2ccccc2)c(C)c1CNC(=O)C1Cc2ccccc2O1. The molecule has 5 nitrogen and oxygen atoms in total. The number of hydrogen-bond acceptors (Lipinski definition) is 3. The Balaban J connectivity index is 1.41. The zero-order valence-corrected chi connectivity index (χ0v) is 15.6. The van der Waals surface area contributed by atoms with E-state index in [1.807, 2.05) is 61.0 Å². The molecule has 3 aromatic rings. The van der Waals surface area contributed by atoms with Crippen LogP contribution in [0, 0.1) is 13.8 Å². The Hall–Kier alpha value is -3.08. The van der Waals surface area contributed by atoms with Gasteiger partial charge in [-0.2, -0.15) is 5.10 Å². The van der Waals surface area contributed by atoms with Gasteiger partial charge in [-0.3, -0.25) is 9.48 Å². The maximum absolute atomic E-state index is 12.5. The van der Waals surface area contributed by atoms with Gasteiger partial charge < -0.3 is 10.1 Å². The van der Waals surface area contributed by atoms with Crippen molar-refractivity contribution >= 4 is 5.91 Å². The first-order valence-corrected chi connectivity index (χ1v) is 9.21. The van der Waals surface area contributed by atoms with Gasteiger partial charge in [0.05, 0.1) is 12.2 Å². The van der Waals surface area contributed by atoms with E-state index in [4.69, 9.17) is 4.74 Å². The number of rotatable bonds is 5. The molecule has 1 N–H and O–H groups in total. The first-order chi connectivity index (χ1) is 13.1. The number of carbonyl (C=O) groups is 1. The zero-order chi connectivity index (χ0) is 18.8. The van der Waals surface area contributed by atoms with E-state index in [0.29, 0.717) is 13.0 Å². The molecule has 1 aromatic heterocycles. The zero-order valence-electron chi connectivity index (χ0n) is 15.6. The number of fused-ring (bicyclic) bond motifs is 1. The Kier molecular flexibility index (Phi) is 4.67. The summed E-state index contributed by atoms with van der Waals surface area (Å²) in [6.07, 6.45) is 0.162. The molecule has 5 heteroatoms. The van der Waals surface area contributed by atoms with Crippen LogP contribution >= 0.6 is 0 Å². The average Bonchev–Trinajstić information content (AvgIpc) is 3.22. The number of para-hydroxylation sites is 1. The van der Waals surface area contributed by atoms with Crippen molar-refractivity contribution in [2.24, 2.45) is 0 Å². The van der Waals surface area contributed by atoms with E-state index in [1.54, 1.807) is 0 Å². The number of aromatic nitrogens is 2. The summed E-state index contributed by atoms with van der Waals surface area (Å²) in [4.78, 5) is 12.5. The van der Waals surface area contributed by atoms with Crippen LogP contribution < -0.4 is 10.1 Å². The third-order valence-corrected chi connectivity index (χ3v) is 5.09. The highest BCUT2D eigenvalue weighted by Crippen LogP contribution is 2.28. The minimum Gasteiger partial charge on any atom is -0.480 e. The van der Waals surface area contributed by atoms with E-state index >= 15 is 0 Å². The van der Waals surface area contributed by atoms with Crippen molar-refractivity contribution in [3.63, 3.8) is 0 Å². The molecular weight excluding hydrogens is 338 g/mol. The van der Waals surface area contributed by atoms with Crippen molar-refractivity contribution in [1.29, 1.82) is 0 Å². The summed E-state index contributed by atoms with van der Waals surface area (Å²) in [5, 5.41) is 7.66. The highest BCUT2D eigenvalue weighted by atomic mass is 16.5. The molecule has 0 fully saturated rings. The highest BCUT2D eigenvalue weighted by molar-refractivity contribution is 5.82. The summed E-state index contributed by atoms with van der Waals surface area (Å²) >= 11 is 0. The standard InChI is InChI=1S/C22H23N3O2/c1-15-19(16(2)25(24-15)14-17-8-4-3-5-9-17)13-23-22(26)21-12-18-10-6-7-11-20(18)27-21/h3-11,21H,12-14H2,1-2H3,(H,23,26). The lowest BCUT2D eigenvalue weighted by atomic mass is 10.1. The smallest absolute Gasteiger partial charge is 0.261 e. The van der Waals surface area contributed by atoms with Gasteiger partial charge in [0.25, 0.3) is 5.91 Å². The molecule has 4 rings (SSSR count). The Morgan fingerprint density at radius 2 is 1.89 bits per heavy atom. The van der Waals surface area contributed by atoms with E-state index < -0.39 is 6.10 Å². The summed E-state index contributed by atoms with van der Waals surface area (Å²) in [7, 11) is 0. The van der Waals surface area contributed by atoms with Gasteiger partial charge in [0.15, 0.2) is 6.10 Å². The van der Waals surface area contributed by atoms with Crippen LogP contribution in [0.25, 0.3) is 0 Å². The quantitative estimate of drug-likeness (QED) is 0.759. The molecule has 1 unspecified atom stereocenters. The van der Waals surface area contributed by atoms with E-state index in [0.717, 1.165) is 34.8 Å². The van der Waals surface area contributed by atoms with Crippen LogP contribution in [-0.2, 0) is 24.3 Å². The van der Waals surface area contributed by atoms with Gasteiger partial charge in [-0.1, -0.05) is 48.5 Å². The van der Waals surface area contributed by atoms with Gasteiger partial charge in [-0.05, 0) is 31.0 Å². The van der Waals surface area contributed by atoms with Gasteiger partial charge in [0.2, 0.25) is 0 Å². The third kappa shape index (κ3) is 3.58. The normalized spacial score (nSPS) is 15.3. The van der Waals surface area contributed by atoms with E-state index in [2.05, 4.69) is 22.5 Å². The van der Waals surface area contributed by atoms with Crippen LogP contribution in [0.4, 0.5) is 0 Å². The van der Waals surface area contributed by atoms with Gasteiger partial charge in [-0.15, -0.1) is 0 Å². The Labute approximate surface area is 159 Å². The Morgan fingerprint density at radius 3 is 2.67 bits per heavy atom. The molecule has 0 bridgehead atoms. The average molecular weight is 361 g/mol. The first-order valence-electron chi connectivity index (χ1n) is 9.21. The van der Waals surface area contributed by atoms with Crippen LogP contribution in [0.15, 0.2) is 54.6 Å². The van der Waals surface area contributed by atoms with Gasteiger partial charge in [-0.25, -0.2) is 0 Å². The predicted molar refractivity (Wildman–Crippen MR) is 104 cm³/mol. The Bertz CT molecular complexity index is 938. The van der Waals surface area contributed by atoms with Crippen LogP contribution in [0.5, 0.6) is 5.75 Å². The molecule has 0 saturated carbocycles. The molecule has 27 heavy (non-hydrogen) atoms. The fourth-order valence-corrected chi connectivity index (χ4v) is 3.52. The van der Waals surface area contributed by atoms with Crippen LogP contribution in [0.2, 0.25) is 0 Å². The summed E-state index contributed by atoms with van der Waals surface area (Å²) < 4.78 is 7.76. The minimum absolute atomic E-state index is 0.0826. The predicted octanol–water partition coefficient (Wildman–Crippen LogP) is 3.17. The highest BCUT2D eigenvalue weighted by Gasteiger charge is 2.28. The molecule has 1 aliphatic heterocycles. The summed E-state index contributed by atoms with van der Waals surface area (Å²) in [6, 6.07) is 18.1. The fraction of sp³-hybridized carbons (Fsp3) is 0.273. The second kappa shape index (κ2) is 7.27. The number of nitrogens with one attached hydrogen (secondary N) is 1. The molecule has 1 atom stereocenters. The third-order valence-electron chi connectivity index (χ3n) is 5.09. The van der Waals surface area contributed by atoms with Gasteiger partial charge in [0.1, 0.15) is 5.75 Å². The van der Waals surface area contributed by atoms with Crippen LogP contribution in [-0.4, -0.2) is 21.8 Å². The molecular formula is C22H23N3O2. The first kappa shape index (κ1) is 17.3. The number of ether oxygens (including phenoxy) is 1. The fourth-order valence-electron chi connectivity index (χ4n) is 3.52. The lowest BCUT2D eigenvalue weighted by Gasteiger charge is -2.12. The molecule has 0 radical (unpaired) electrons. The van der Waals surface area contributed by atoms with Crippen molar-refractivity contribution in [2.45, 2.75) is 39.5 Å². The molecule has 0 spiro atoms. The maximum atomic E-state index is 12.5. The largest absolute Gasteiger partial charge is 0.480 e. The van der Waals surface area contributed by atoms with Crippen LogP contribution in [0.1, 0.15) is 28.1 Å². The van der Waals surface area contributed by atoms with Crippen molar-refractivity contribution in [3.8, 4) is 5.75 Å². The monoisotopic (exact) mass is 361 g/mol. The molecule has 2 heterocycles. The number of nitrogens with zero attached hydrogens (tertiary/aromatic N) is 2. The van der Waals surface area contributed by atoms with Crippen molar-refractivity contribution < 1.29 is 9.53 Å². The van der Waals surface area contributed by atoms with E-state index in [-0.39, 0.29) is 5.91 Å². The topological polar surface area (TPSA) is 56.2 Å². The summed E-state index contributed by atoms with van der Waals surface area (Å²) in [6.45, 7) is 5.22. The molecule has 1 aliphatic rings. The van der Waals surface area contributed by atoms with Gasteiger partial charge >= 0.3 is 0 Å². The molecule has 0 saturated heterocycles. The number of amides is 1. The number of hydrogen-bond donors (Lipinski definition) is 1. The molecule has 2 aromatic carbocycles. The summed E-state index contributed by atoms with van der Waals surface area (Å²) in [5.41, 5.74) is 5.37. The van der Waals surface area contributed by atoms with Crippen molar-refractivity contribution in [2.75, 3.05) is 0 Å². The molecule has 1 amide bonds. The maximum Gasteiger partial charge on any atom is 0.261 e. The van der Waals surface area contributed by atoms with E-state index in [1.165, 1.54) is 5.56 Å². The van der Waals surface area contributed by atoms with Gasteiger partial charge in [0, 0.05) is 24.2 Å². The van der Waals surface area contributed by atoms with Crippen LogP contribution in [0.3, 0.4) is 0 Å². The Morgan fingerprint density at radius 1 is 1.15 bits per heavy atom. The minimum atomic E-state index is -0.456. The van der Waals surface area contributed by atoms with Crippen molar-refractivity contribution in [1.82, 2.24) is 15.1 Å². The number of aryl methyl sites for hydroxylation is 1. The number of carbonyl (C=O) groups excluding carboxylic acids is 1. The van der Waals surface area contributed by atoms with Crippen molar-refractivity contribution in [3.05, 3.63) is 82.7 Å². The lowest BCUT2D eigenvalue weighted by molar-refractivity contribution is -0.127. The van der Waals surface area contributed by atoms with E-state index in [9.17, 15) is 4.79 Å². The lowest BCUT2D eigenvalue weighted by Crippen LogP contribution is -2.37. The second-order valence-corrected chi connectivity index (χ2v) is 6.93. The molecule has 138 valence electrons. The second-order valence-electron chi connectivity index (χ2n) is 6.93.